The third-order valence-electron chi connectivity index (χ3n) is 3.44. The van der Waals surface area contributed by atoms with Gasteiger partial charge < -0.3 is 5.32 Å². The van der Waals surface area contributed by atoms with E-state index in [-0.39, 0.29) is 5.91 Å². The average Bonchev–Trinajstić information content (AvgIpc) is 3.21. The van der Waals surface area contributed by atoms with Crippen LogP contribution in [0.5, 0.6) is 0 Å². The molecule has 118 valence electrons. The van der Waals surface area contributed by atoms with Gasteiger partial charge >= 0.3 is 0 Å². The van der Waals surface area contributed by atoms with Gasteiger partial charge in [0.25, 0.3) is 5.91 Å². The number of carbonyl (C=O) groups excluding carboxylic acids is 1. The average molecular weight is 335 g/mol. The molecule has 0 aliphatic rings. The van der Waals surface area contributed by atoms with Gasteiger partial charge in [-0.1, -0.05) is 30.3 Å². The van der Waals surface area contributed by atoms with Crippen LogP contribution in [0, 0.1) is 6.92 Å². The van der Waals surface area contributed by atoms with E-state index in [1.807, 2.05) is 43.3 Å². The molecule has 0 atom stereocenters. The molecular formula is C17H13N5OS. The molecule has 4 rings (SSSR count). The van der Waals surface area contributed by atoms with Gasteiger partial charge in [0.1, 0.15) is 15.7 Å². The summed E-state index contributed by atoms with van der Waals surface area (Å²) in [5.41, 5.74) is 2.41. The van der Waals surface area contributed by atoms with Crippen molar-refractivity contribution in [1.82, 2.24) is 19.6 Å². The molecule has 1 N–H and O–H groups in total. The van der Waals surface area contributed by atoms with Gasteiger partial charge in [0.05, 0.1) is 18.1 Å². The predicted molar refractivity (Wildman–Crippen MR) is 93.2 cm³/mol. The monoisotopic (exact) mass is 335 g/mol. The maximum atomic E-state index is 12.4. The summed E-state index contributed by atoms with van der Waals surface area (Å²) < 4.78 is 1.65. The lowest BCUT2D eigenvalue weighted by molar-refractivity contribution is 0.103. The van der Waals surface area contributed by atoms with Crippen molar-refractivity contribution in [1.29, 1.82) is 0 Å². The lowest BCUT2D eigenvalue weighted by Gasteiger charge is -2.03. The maximum absolute atomic E-state index is 12.4. The van der Waals surface area contributed by atoms with Crippen molar-refractivity contribution in [3.05, 3.63) is 65.6 Å². The number of hydrogen-bond donors (Lipinski definition) is 1. The van der Waals surface area contributed by atoms with Crippen molar-refractivity contribution in [2.45, 2.75) is 6.92 Å². The second kappa shape index (κ2) is 5.86. The molecule has 7 heteroatoms. The first kappa shape index (κ1) is 14.5. The summed E-state index contributed by atoms with van der Waals surface area (Å²) in [4.78, 5) is 21.6. The van der Waals surface area contributed by atoms with Gasteiger partial charge in [0.2, 0.25) is 0 Å². The molecule has 0 fully saturated rings. The number of carbonyl (C=O) groups is 1. The Morgan fingerprint density at radius 2 is 2.00 bits per heavy atom. The molecular weight excluding hydrogens is 322 g/mol. The minimum absolute atomic E-state index is 0.189. The smallest absolute Gasteiger partial charge is 0.267 e. The third kappa shape index (κ3) is 2.77. The summed E-state index contributed by atoms with van der Waals surface area (Å²) in [6.07, 6.45) is 3.34. The Labute approximate surface area is 141 Å². The van der Waals surface area contributed by atoms with Gasteiger partial charge in [-0.3, -0.25) is 4.79 Å². The van der Waals surface area contributed by atoms with E-state index in [1.165, 1.54) is 11.3 Å². The van der Waals surface area contributed by atoms with E-state index in [4.69, 9.17) is 0 Å². The largest absolute Gasteiger partial charge is 0.320 e. The minimum atomic E-state index is -0.189. The van der Waals surface area contributed by atoms with Gasteiger partial charge in [-0.2, -0.15) is 5.10 Å². The molecule has 3 aromatic heterocycles. The lowest BCUT2D eigenvalue weighted by atomic mass is 10.2. The first-order valence-electron chi connectivity index (χ1n) is 7.35. The van der Waals surface area contributed by atoms with E-state index in [1.54, 1.807) is 23.0 Å². The highest BCUT2D eigenvalue weighted by atomic mass is 32.1. The number of nitrogens with zero attached hydrogens (tertiary/aromatic N) is 4. The molecule has 3 heterocycles. The highest BCUT2D eigenvalue weighted by Crippen LogP contribution is 2.25. The van der Waals surface area contributed by atoms with Crippen LogP contribution in [-0.4, -0.2) is 25.5 Å². The molecule has 0 unspecified atom stereocenters. The van der Waals surface area contributed by atoms with Crippen molar-refractivity contribution in [2.24, 2.45) is 0 Å². The number of benzene rings is 1. The Kier molecular flexibility index (Phi) is 3.55. The first-order chi connectivity index (χ1) is 11.7. The van der Waals surface area contributed by atoms with Crippen LogP contribution in [0.2, 0.25) is 0 Å². The van der Waals surface area contributed by atoms with Crippen LogP contribution in [-0.2, 0) is 0 Å². The standard InChI is InChI=1S/C17H13N5OS/c1-11-19-15-8-7-13(10-22(15)21-11)20-16(23)14-9-18-17(24-14)12-5-3-2-4-6-12/h2-10H,1H3,(H,20,23). The number of rotatable bonds is 3. The highest BCUT2D eigenvalue weighted by Gasteiger charge is 2.12. The molecule has 0 spiro atoms. The second-order valence-electron chi connectivity index (χ2n) is 5.23. The van der Waals surface area contributed by atoms with Crippen molar-refractivity contribution < 1.29 is 4.79 Å². The van der Waals surface area contributed by atoms with Crippen LogP contribution >= 0.6 is 11.3 Å². The van der Waals surface area contributed by atoms with Gasteiger partial charge in [-0.15, -0.1) is 11.3 Å². The summed E-state index contributed by atoms with van der Waals surface area (Å²) in [5, 5.41) is 7.93. The van der Waals surface area contributed by atoms with Crippen molar-refractivity contribution in [3.63, 3.8) is 0 Å². The van der Waals surface area contributed by atoms with Gasteiger partial charge in [-0.25, -0.2) is 14.5 Å². The fourth-order valence-corrected chi connectivity index (χ4v) is 3.17. The Hall–Kier alpha value is -3.06. The quantitative estimate of drug-likeness (QED) is 0.623. The van der Waals surface area contributed by atoms with E-state index < -0.39 is 0 Å². The summed E-state index contributed by atoms with van der Waals surface area (Å²) in [6.45, 7) is 1.83. The van der Waals surface area contributed by atoms with Crippen LogP contribution in [0.4, 0.5) is 5.69 Å². The van der Waals surface area contributed by atoms with E-state index in [0.29, 0.717) is 16.4 Å². The van der Waals surface area contributed by atoms with E-state index in [0.717, 1.165) is 16.2 Å². The van der Waals surface area contributed by atoms with E-state index in [9.17, 15) is 4.79 Å². The normalized spacial score (nSPS) is 10.9. The fraction of sp³-hybridized carbons (Fsp3) is 0.0588. The van der Waals surface area contributed by atoms with Crippen LogP contribution in [0.3, 0.4) is 0 Å². The number of aryl methyl sites for hydroxylation is 1. The minimum Gasteiger partial charge on any atom is -0.320 e. The van der Waals surface area contributed by atoms with Gasteiger partial charge in [-0.05, 0) is 19.1 Å². The Bertz CT molecular complexity index is 1020. The molecule has 0 bridgehead atoms. The van der Waals surface area contributed by atoms with Crippen LogP contribution in [0.15, 0.2) is 54.9 Å². The maximum Gasteiger partial charge on any atom is 0.267 e. The second-order valence-corrected chi connectivity index (χ2v) is 6.26. The molecule has 1 amide bonds. The molecule has 0 radical (unpaired) electrons. The summed E-state index contributed by atoms with van der Waals surface area (Å²) in [7, 11) is 0. The number of anilines is 1. The Morgan fingerprint density at radius 1 is 1.17 bits per heavy atom. The van der Waals surface area contributed by atoms with Crippen molar-refractivity contribution >= 4 is 28.6 Å². The SMILES string of the molecule is Cc1nc2ccc(NC(=O)c3cnc(-c4ccccc4)s3)cn2n1. The molecule has 4 aromatic rings. The molecule has 0 saturated carbocycles. The zero-order chi connectivity index (χ0) is 16.5. The predicted octanol–water partition coefficient (Wildman–Crippen LogP) is 3.41. The molecule has 0 aliphatic carbocycles. The first-order valence-corrected chi connectivity index (χ1v) is 8.16. The van der Waals surface area contributed by atoms with Crippen LogP contribution < -0.4 is 5.32 Å². The highest BCUT2D eigenvalue weighted by molar-refractivity contribution is 7.17. The number of fused-ring (bicyclic) bond motifs is 1. The van der Waals surface area contributed by atoms with Gasteiger partial charge in [0.15, 0.2) is 5.65 Å². The number of hydrogen-bond acceptors (Lipinski definition) is 5. The number of pyridine rings is 1. The van der Waals surface area contributed by atoms with E-state index in [2.05, 4.69) is 20.4 Å². The molecule has 0 aliphatic heterocycles. The summed E-state index contributed by atoms with van der Waals surface area (Å²) in [6, 6.07) is 13.4. The third-order valence-corrected chi connectivity index (χ3v) is 4.49. The zero-order valence-electron chi connectivity index (χ0n) is 12.8. The number of thiazole rings is 1. The summed E-state index contributed by atoms with van der Waals surface area (Å²) >= 11 is 1.36. The molecule has 6 nitrogen and oxygen atoms in total. The Morgan fingerprint density at radius 3 is 2.83 bits per heavy atom. The number of amides is 1. The van der Waals surface area contributed by atoms with Crippen molar-refractivity contribution in [2.75, 3.05) is 5.32 Å². The van der Waals surface area contributed by atoms with Crippen LogP contribution in [0.1, 0.15) is 15.5 Å². The summed E-state index contributed by atoms with van der Waals surface area (Å²) in [5.74, 6) is 0.499. The number of nitrogens with one attached hydrogen (secondary N) is 1. The Balaban J connectivity index is 1.56. The number of aromatic nitrogens is 4. The molecule has 24 heavy (non-hydrogen) atoms. The van der Waals surface area contributed by atoms with Crippen LogP contribution in [0.25, 0.3) is 16.2 Å². The van der Waals surface area contributed by atoms with Crippen molar-refractivity contribution in [3.8, 4) is 10.6 Å². The fourth-order valence-electron chi connectivity index (χ4n) is 2.35. The lowest BCUT2D eigenvalue weighted by Crippen LogP contribution is -2.10. The molecule has 1 aromatic carbocycles. The topological polar surface area (TPSA) is 72.2 Å². The zero-order valence-corrected chi connectivity index (χ0v) is 13.6. The van der Waals surface area contributed by atoms with Gasteiger partial charge in [0, 0.05) is 5.56 Å². The van der Waals surface area contributed by atoms with E-state index >= 15 is 0 Å². The molecule has 0 saturated heterocycles.